The molecule has 2 rings (SSSR count). The lowest BCUT2D eigenvalue weighted by molar-refractivity contribution is 0.571. The van der Waals surface area contributed by atoms with Crippen molar-refractivity contribution < 1.29 is 4.39 Å². The summed E-state index contributed by atoms with van der Waals surface area (Å²) in [5.74, 6) is -0.168. The molecule has 0 aliphatic heterocycles. The number of hydrogen-bond acceptors (Lipinski definition) is 2. The van der Waals surface area contributed by atoms with Crippen molar-refractivity contribution in [3.8, 4) is 0 Å². The zero-order chi connectivity index (χ0) is 14.0. The summed E-state index contributed by atoms with van der Waals surface area (Å²) in [5.41, 5.74) is 4.64. The molecule has 0 aliphatic carbocycles. The molecule has 0 saturated carbocycles. The van der Waals surface area contributed by atoms with Crippen molar-refractivity contribution >= 4 is 0 Å². The van der Waals surface area contributed by atoms with Gasteiger partial charge in [0.1, 0.15) is 5.82 Å². The van der Waals surface area contributed by atoms with Crippen LogP contribution in [0.2, 0.25) is 0 Å². The van der Waals surface area contributed by atoms with Gasteiger partial charge in [-0.25, -0.2) is 4.39 Å². The molecular weight excluding hydrogens is 239 g/mol. The van der Waals surface area contributed by atoms with Crippen LogP contribution < -0.4 is 5.32 Å². The molecule has 100 valence electrons. The maximum atomic E-state index is 14.3. The number of halogens is 1. The molecule has 2 aromatic rings. The minimum atomic E-state index is -0.173. The molecule has 2 nitrogen and oxygen atoms in total. The van der Waals surface area contributed by atoms with Gasteiger partial charge in [0.15, 0.2) is 0 Å². The van der Waals surface area contributed by atoms with Crippen LogP contribution in [-0.2, 0) is 0 Å². The predicted molar refractivity (Wildman–Crippen MR) is 75.8 cm³/mol. The molecule has 1 aromatic heterocycles. The van der Waals surface area contributed by atoms with Crippen LogP contribution in [0.5, 0.6) is 0 Å². The summed E-state index contributed by atoms with van der Waals surface area (Å²) in [6.07, 6.45) is 3.58. The lowest BCUT2D eigenvalue weighted by Gasteiger charge is -2.20. The number of nitrogens with one attached hydrogen (secondary N) is 1. The molecule has 1 atom stereocenters. The number of benzene rings is 1. The van der Waals surface area contributed by atoms with Gasteiger partial charge in [0.25, 0.3) is 0 Å². The molecule has 0 amide bonds. The average molecular weight is 258 g/mol. The molecule has 0 spiro atoms. The Balaban J connectivity index is 2.54. The highest BCUT2D eigenvalue weighted by molar-refractivity contribution is 5.40. The van der Waals surface area contributed by atoms with Gasteiger partial charge in [-0.05, 0) is 56.1 Å². The molecule has 0 radical (unpaired) electrons. The van der Waals surface area contributed by atoms with E-state index in [-0.39, 0.29) is 11.9 Å². The normalized spacial score (nSPS) is 12.5. The number of nitrogens with zero attached hydrogens (tertiary/aromatic N) is 1. The van der Waals surface area contributed by atoms with Crippen LogP contribution in [0, 0.1) is 26.6 Å². The van der Waals surface area contributed by atoms with E-state index in [9.17, 15) is 4.39 Å². The van der Waals surface area contributed by atoms with Crippen molar-refractivity contribution in [3.05, 3.63) is 64.2 Å². The number of pyridine rings is 1. The van der Waals surface area contributed by atoms with Crippen LogP contribution in [0.1, 0.15) is 33.9 Å². The topological polar surface area (TPSA) is 24.9 Å². The van der Waals surface area contributed by atoms with Gasteiger partial charge in [-0.15, -0.1) is 0 Å². The van der Waals surface area contributed by atoms with Crippen LogP contribution in [-0.4, -0.2) is 12.0 Å². The second-order valence-corrected chi connectivity index (χ2v) is 4.99. The largest absolute Gasteiger partial charge is 0.309 e. The molecule has 1 aromatic carbocycles. The number of aryl methyl sites for hydroxylation is 3. The lowest BCUT2D eigenvalue weighted by Crippen LogP contribution is -2.20. The smallest absolute Gasteiger partial charge is 0.128 e. The van der Waals surface area contributed by atoms with Crippen molar-refractivity contribution in [2.45, 2.75) is 26.8 Å². The first kappa shape index (κ1) is 13.7. The number of rotatable bonds is 3. The Bertz CT molecular complexity index is 570. The fourth-order valence-electron chi connectivity index (χ4n) is 2.51. The molecule has 19 heavy (non-hydrogen) atoms. The van der Waals surface area contributed by atoms with Crippen LogP contribution in [0.3, 0.4) is 0 Å². The summed E-state index contributed by atoms with van der Waals surface area (Å²) in [6, 6.07) is 5.45. The minimum Gasteiger partial charge on any atom is -0.309 e. The van der Waals surface area contributed by atoms with Gasteiger partial charge in [-0.2, -0.15) is 0 Å². The van der Waals surface area contributed by atoms with Crippen LogP contribution in [0.25, 0.3) is 0 Å². The van der Waals surface area contributed by atoms with Gasteiger partial charge in [0.2, 0.25) is 0 Å². The van der Waals surface area contributed by atoms with Crippen LogP contribution in [0.15, 0.2) is 30.6 Å². The maximum Gasteiger partial charge on any atom is 0.128 e. The molecule has 0 aliphatic rings. The van der Waals surface area contributed by atoms with E-state index < -0.39 is 0 Å². The standard InChI is InChI=1S/C16H19FN2/c1-10-5-12(3)15(14(17)7-10)16(18-4)13-6-11(2)8-19-9-13/h5-9,16,18H,1-4H3. The molecular formula is C16H19FN2. The van der Waals surface area contributed by atoms with Crippen molar-refractivity contribution in [1.82, 2.24) is 10.3 Å². The summed E-state index contributed by atoms with van der Waals surface area (Å²) in [7, 11) is 1.84. The SMILES string of the molecule is CNC(c1cncc(C)c1)c1c(C)cc(C)cc1F. The third-order valence-electron chi connectivity index (χ3n) is 3.29. The highest BCUT2D eigenvalue weighted by Crippen LogP contribution is 2.28. The Morgan fingerprint density at radius 2 is 1.79 bits per heavy atom. The van der Waals surface area contributed by atoms with E-state index in [1.807, 2.05) is 40.0 Å². The maximum absolute atomic E-state index is 14.3. The molecule has 1 heterocycles. The van der Waals surface area contributed by atoms with E-state index in [0.717, 1.165) is 22.3 Å². The van der Waals surface area contributed by atoms with E-state index >= 15 is 0 Å². The Morgan fingerprint density at radius 3 is 2.37 bits per heavy atom. The fraction of sp³-hybridized carbons (Fsp3) is 0.312. The summed E-state index contributed by atoms with van der Waals surface area (Å²) in [4.78, 5) is 4.19. The summed E-state index contributed by atoms with van der Waals surface area (Å²) in [6.45, 7) is 5.84. The summed E-state index contributed by atoms with van der Waals surface area (Å²) in [5, 5.41) is 3.18. The highest BCUT2D eigenvalue weighted by atomic mass is 19.1. The number of aromatic nitrogens is 1. The average Bonchev–Trinajstić information content (AvgIpc) is 2.33. The van der Waals surface area contributed by atoms with E-state index in [0.29, 0.717) is 5.56 Å². The third kappa shape index (κ3) is 2.82. The van der Waals surface area contributed by atoms with Gasteiger partial charge in [0, 0.05) is 18.0 Å². The van der Waals surface area contributed by atoms with Crippen LogP contribution in [0.4, 0.5) is 4.39 Å². The molecule has 3 heteroatoms. The Morgan fingerprint density at radius 1 is 1.05 bits per heavy atom. The van der Waals surface area contributed by atoms with Crippen molar-refractivity contribution in [2.75, 3.05) is 7.05 Å². The van der Waals surface area contributed by atoms with Gasteiger partial charge in [-0.3, -0.25) is 4.98 Å². The first-order valence-corrected chi connectivity index (χ1v) is 6.38. The first-order valence-electron chi connectivity index (χ1n) is 6.38. The van der Waals surface area contributed by atoms with Gasteiger partial charge < -0.3 is 5.32 Å². The molecule has 0 fully saturated rings. The number of hydrogen-bond donors (Lipinski definition) is 1. The molecule has 1 unspecified atom stereocenters. The van der Waals surface area contributed by atoms with E-state index in [1.165, 1.54) is 0 Å². The van der Waals surface area contributed by atoms with Gasteiger partial charge in [0.05, 0.1) is 6.04 Å². The second kappa shape index (κ2) is 5.49. The quantitative estimate of drug-likeness (QED) is 0.912. The molecule has 1 N–H and O–H groups in total. The van der Waals surface area contributed by atoms with Gasteiger partial charge in [-0.1, -0.05) is 12.1 Å². The van der Waals surface area contributed by atoms with Crippen molar-refractivity contribution in [1.29, 1.82) is 0 Å². The monoisotopic (exact) mass is 258 g/mol. The predicted octanol–water partition coefficient (Wildman–Crippen LogP) is 3.45. The molecule has 0 saturated heterocycles. The first-order chi connectivity index (χ1) is 9.02. The van der Waals surface area contributed by atoms with E-state index in [4.69, 9.17) is 0 Å². The van der Waals surface area contributed by atoms with Gasteiger partial charge >= 0.3 is 0 Å². The third-order valence-corrected chi connectivity index (χ3v) is 3.29. The van der Waals surface area contributed by atoms with E-state index in [1.54, 1.807) is 18.5 Å². The second-order valence-electron chi connectivity index (χ2n) is 4.99. The zero-order valence-electron chi connectivity index (χ0n) is 11.8. The Labute approximate surface area is 113 Å². The zero-order valence-corrected chi connectivity index (χ0v) is 11.8. The lowest BCUT2D eigenvalue weighted by atomic mass is 9.93. The van der Waals surface area contributed by atoms with Crippen LogP contribution >= 0.6 is 0 Å². The molecule has 0 bridgehead atoms. The summed E-state index contributed by atoms with van der Waals surface area (Å²) >= 11 is 0. The summed E-state index contributed by atoms with van der Waals surface area (Å²) < 4.78 is 14.3. The fourth-order valence-corrected chi connectivity index (χ4v) is 2.51. The van der Waals surface area contributed by atoms with Crippen molar-refractivity contribution in [2.24, 2.45) is 0 Å². The van der Waals surface area contributed by atoms with Crippen molar-refractivity contribution in [3.63, 3.8) is 0 Å². The Kier molecular flexibility index (Phi) is 3.96. The highest BCUT2D eigenvalue weighted by Gasteiger charge is 2.19. The minimum absolute atomic E-state index is 0.168. The van der Waals surface area contributed by atoms with E-state index in [2.05, 4.69) is 10.3 Å². The Hall–Kier alpha value is -1.74.